The highest BCUT2D eigenvalue weighted by Crippen LogP contribution is 2.34. The maximum absolute atomic E-state index is 11.0. The van der Waals surface area contributed by atoms with E-state index < -0.39 is 11.9 Å². The molecule has 0 heterocycles. The summed E-state index contributed by atoms with van der Waals surface area (Å²) in [6, 6.07) is 0. The van der Waals surface area contributed by atoms with E-state index in [4.69, 9.17) is 10.5 Å². The molecule has 6 nitrogen and oxygen atoms in total. The van der Waals surface area contributed by atoms with E-state index >= 15 is 0 Å². The number of rotatable bonds is 5. The number of carbonyl (C=O) groups excluding carboxylic acids is 2. The Hall–Kier alpha value is -1.14. The molecule has 1 rings (SSSR count). The summed E-state index contributed by atoms with van der Waals surface area (Å²) in [5.74, 6) is -1.52. The van der Waals surface area contributed by atoms with Gasteiger partial charge in [-0.15, -0.1) is 0 Å². The third-order valence-corrected chi connectivity index (χ3v) is 3.38. The molecule has 6 heteroatoms. The highest BCUT2D eigenvalue weighted by molar-refractivity contribution is 5.72. The highest BCUT2D eigenvalue weighted by atomic mass is 17.1. The van der Waals surface area contributed by atoms with Crippen LogP contribution in [0, 0.1) is 11.8 Å². The molecule has 0 amide bonds. The normalized spacial score (nSPS) is 16.9. The van der Waals surface area contributed by atoms with Crippen LogP contribution in [0.15, 0.2) is 0 Å². The smallest absolute Gasteiger partial charge is 0.301 e. The molecule has 0 aromatic carbocycles. The van der Waals surface area contributed by atoms with E-state index in [1.807, 2.05) is 0 Å². The van der Waals surface area contributed by atoms with Crippen molar-refractivity contribution in [2.24, 2.45) is 11.8 Å². The first-order valence-electron chi connectivity index (χ1n) is 5.86. The lowest BCUT2D eigenvalue weighted by Crippen LogP contribution is -2.24. The molecule has 0 atom stereocenters. The fraction of sp³-hybridized carbons (Fsp3) is 0.818. The van der Waals surface area contributed by atoms with Crippen LogP contribution in [0.4, 0.5) is 0 Å². The second-order valence-corrected chi connectivity index (χ2v) is 4.49. The molecule has 1 saturated carbocycles. The zero-order valence-corrected chi connectivity index (χ0v) is 9.63. The molecule has 0 radical (unpaired) electrons. The Morgan fingerprint density at radius 2 is 1.47 bits per heavy atom. The van der Waals surface area contributed by atoms with Gasteiger partial charge < -0.3 is 9.78 Å². The van der Waals surface area contributed by atoms with Gasteiger partial charge in [0.1, 0.15) is 0 Å². The predicted octanol–water partition coefficient (Wildman–Crippen LogP) is 2.00. The van der Waals surface area contributed by atoms with E-state index in [2.05, 4.69) is 9.78 Å². The van der Waals surface area contributed by atoms with Gasteiger partial charge in [-0.05, 0) is 11.8 Å². The first-order chi connectivity index (χ1) is 8.17. The minimum Gasteiger partial charge on any atom is -0.301 e. The third kappa shape index (κ3) is 4.70. The van der Waals surface area contributed by atoms with Crippen molar-refractivity contribution in [1.29, 1.82) is 0 Å². The van der Waals surface area contributed by atoms with E-state index in [9.17, 15) is 9.59 Å². The lowest BCUT2D eigenvalue weighted by atomic mass is 9.77. The largest absolute Gasteiger partial charge is 0.342 e. The molecule has 0 unspecified atom stereocenters. The molecule has 0 aromatic rings. The molecule has 0 saturated heterocycles. The van der Waals surface area contributed by atoms with Gasteiger partial charge in [0.25, 0.3) is 0 Å². The van der Waals surface area contributed by atoms with Crippen molar-refractivity contribution < 1.29 is 29.9 Å². The lowest BCUT2D eigenvalue weighted by Gasteiger charge is -2.28. The Bertz CT molecular complexity index is 241. The number of hydrogen-bond acceptors (Lipinski definition) is 6. The molecular formula is C11H18O6. The van der Waals surface area contributed by atoms with Crippen molar-refractivity contribution in [3.05, 3.63) is 0 Å². The number of carbonyl (C=O) groups is 2. The molecule has 17 heavy (non-hydrogen) atoms. The first-order valence-corrected chi connectivity index (χ1v) is 5.86. The topological polar surface area (TPSA) is 93.1 Å². The van der Waals surface area contributed by atoms with Crippen LogP contribution >= 0.6 is 0 Å². The Balaban J connectivity index is 2.56. The summed E-state index contributed by atoms with van der Waals surface area (Å²) in [6.07, 6.45) is 5.14. The van der Waals surface area contributed by atoms with Crippen LogP contribution in [0.1, 0.15) is 44.9 Å². The molecule has 1 aliphatic carbocycles. The maximum Gasteiger partial charge on any atom is 0.342 e. The predicted molar refractivity (Wildman–Crippen MR) is 56.7 cm³/mol. The summed E-state index contributed by atoms with van der Waals surface area (Å²) in [7, 11) is 0. The van der Waals surface area contributed by atoms with Crippen molar-refractivity contribution in [2.45, 2.75) is 44.9 Å². The molecule has 98 valence electrons. The SMILES string of the molecule is O=C(CC(CC(=O)OO)C1CCCCC1)OO. The van der Waals surface area contributed by atoms with Gasteiger partial charge in [0.05, 0.1) is 12.8 Å². The molecule has 1 fully saturated rings. The van der Waals surface area contributed by atoms with Gasteiger partial charge in [0.2, 0.25) is 0 Å². The molecule has 0 spiro atoms. The zero-order valence-electron chi connectivity index (χ0n) is 9.63. The average molecular weight is 246 g/mol. The summed E-state index contributed by atoms with van der Waals surface area (Å²) in [5, 5.41) is 16.5. The number of hydrogen-bond donors (Lipinski definition) is 2. The van der Waals surface area contributed by atoms with Crippen molar-refractivity contribution >= 4 is 11.9 Å². The van der Waals surface area contributed by atoms with Gasteiger partial charge in [0.15, 0.2) is 0 Å². The van der Waals surface area contributed by atoms with Crippen molar-refractivity contribution in [3.63, 3.8) is 0 Å². The monoisotopic (exact) mass is 246 g/mol. The zero-order chi connectivity index (χ0) is 12.7. The molecule has 2 N–H and O–H groups in total. The van der Waals surface area contributed by atoms with E-state index in [0.717, 1.165) is 32.1 Å². The quantitative estimate of drug-likeness (QED) is 0.569. The van der Waals surface area contributed by atoms with Gasteiger partial charge in [-0.1, -0.05) is 32.1 Å². The molecular weight excluding hydrogens is 228 g/mol. The van der Waals surface area contributed by atoms with Gasteiger partial charge in [-0.25, -0.2) is 9.59 Å². The molecule has 0 aromatic heterocycles. The van der Waals surface area contributed by atoms with Crippen LogP contribution < -0.4 is 0 Å². The highest BCUT2D eigenvalue weighted by Gasteiger charge is 2.29. The molecule has 1 aliphatic rings. The van der Waals surface area contributed by atoms with Crippen LogP contribution in [0.5, 0.6) is 0 Å². The second kappa shape index (κ2) is 7.24. The fourth-order valence-electron chi connectivity index (χ4n) is 2.51. The Kier molecular flexibility index (Phi) is 5.93. The summed E-state index contributed by atoms with van der Waals surface area (Å²) < 4.78 is 0. The Labute approximate surface area is 99.4 Å². The van der Waals surface area contributed by atoms with Crippen LogP contribution in [0.25, 0.3) is 0 Å². The maximum atomic E-state index is 11.0. The minimum absolute atomic E-state index is 0.0315. The summed E-state index contributed by atoms with van der Waals surface area (Å²) in [4.78, 5) is 29.4. The van der Waals surface area contributed by atoms with Gasteiger partial charge in [-0.3, -0.25) is 0 Å². The standard InChI is InChI=1S/C11H18O6/c12-10(16-14)6-9(7-11(13)17-15)8-4-2-1-3-5-8/h8-9,14-15H,1-7H2. The van der Waals surface area contributed by atoms with Crippen LogP contribution in [-0.4, -0.2) is 22.5 Å². The molecule has 0 bridgehead atoms. The Morgan fingerprint density at radius 3 is 1.88 bits per heavy atom. The van der Waals surface area contributed by atoms with Crippen LogP contribution in [-0.2, 0) is 19.4 Å². The minimum atomic E-state index is -0.758. The average Bonchev–Trinajstić information content (AvgIpc) is 2.38. The first kappa shape index (κ1) is 13.9. The van der Waals surface area contributed by atoms with Crippen molar-refractivity contribution in [2.75, 3.05) is 0 Å². The van der Waals surface area contributed by atoms with E-state index in [1.54, 1.807) is 0 Å². The lowest BCUT2D eigenvalue weighted by molar-refractivity contribution is -0.239. The van der Waals surface area contributed by atoms with Crippen LogP contribution in [0.2, 0.25) is 0 Å². The van der Waals surface area contributed by atoms with Gasteiger partial charge >= 0.3 is 11.9 Å². The summed E-state index contributed by atoms with van der Waals surface area (Å²) in [6.45, 7) is 0. The third-order valence-electron chi connectivity index (χ3n) is 3.38. The van der Waals surface area contributed by atoms with Crippen LogP contribution in [0.3, 0.4) is 0 Å². The summed E-state index contributed by atoms with van der Waals surface area (Å²) >= 11 is 0. The van der Waals surface area contributed by atoms with E-state index in [-0.39, 0.29) is 24.7 Å². The molecule has 0 aliphatic heterocycles. The second-order valence-electron chi connectivity index (χ2n) is 4.49. The van der Waals surface area contributed by atoms with Gasteiger partial charge in [-0.2, -0.15) is 10.5 Å². The van der Waals surface area contributed by atoms with Gasteiger partial charge in [0, 0.05) is 0 Å². The van der Waals surface area contributed by atoms with E-state index in [0.29, 0.717) is 0 Å². The Morgan fingerprint density at radius 1 is 1.00 bits per heavy atom. The summed E-state index contributed by atoms with van der Waals surface area (Å²) in [5.41, 5.74) is 0. The fourth-order valence-corrected chi connectivity index (χ4v) is 2.51. The van der Waals surface area contributed by atoms with Crippen molar-refractivity contribution in [1.82, 2.24) is 0 Å². The van der Waals surface area contributed by atoms with E-state index in [1.165, 1.54) is 0 Å². The van der Waals surface area contributed by atoms with Crippen molar-refractivity contribution in [3.8, 4) is 0 Å².